The summed E-state index contributed by atoms with van der Waals surface area (Å²) in [7, 11) is 3.71. The molecule has 2 aromatic heterocycles. The third-order valence-electron chi connectivity index (χ3n) is 3.55. The Balaban J connectivity index is 2.00. The minimum absolute atomic E-state index is 0.706. The van der Waals surface area contributed by atoms with E-state index in [9.17, 15) is 0 Å². The summed E-state index contributed by atoms with van der Waals surface area (Å²) in [6, 6.07) is 9.96. The van der Waals surface area contributed by atoms with Crippen LogP contribution in [0.5, 0.6) is 5.75 Å². The lowest BCUT2D eigenvalue weighted by molar-refractivity contribution is 0.409. The molecule has 0 saturated heterocycles. The summed E-state index contributed by atoms with van der Waals surface area (Å²) in [5.74, 6) is 2.52. The number of para-hydroxylation sites is 1. The number of ether oxygens (including phenoxy) is 1. The SMILES string of the molecule is COc1ccccc1CN(C)c1nc(C)nc2cnccc12. The number of methoxy groups -OCH3 is 1. The minimum Gasteiger partial charge on any atom is -0.496 e. The Bertz CT molecular complexity index is 804. The van der Waals surface area contributed by atoms with Crippen molar-refractivity contribution in [2.45, 2.75) is 13.5 Å². The Labute approximate surface area is 129 Å². The molecule has 3 aromatic rings. The van der Waals surface area contributed by atoms with Gasteiger partial charge in [0.25, 0.3) is 0 Å². The molecule has 22 heavy (non-hydrogen) atoms. The molecule has 0 aliphatic carbocycles. The minimum atomic E-state index is 0.706. The van der Waals surface area contributed by atoms with E-state index in [2.05, 4.69) is 25.9 Å². The fourth-order valence-electron chi connectivity index (χ4n) is 2.53. The summed E-state index contributed by atoms with van der Waals surface area (Å²) in [4.78, 5) is 15.3. The molecule has 0 atom stereocenters. The van der Waals surface area contributed by atoms with Crippen molar-refractivity contribution >= 4 is 16.7 Å². The van der Waals surface area contributed by atoms with Crippen molar-refractivity contribution in [3.05, 3.63) is 54.1 Å². The van der Waals surface area contributed by atoms with Crippen LogP contribution in [0.25, 0.3) is 10.9 Å². The normalized spacial score (nSPS) is 10.7. The quantitative estimate of drug-likeness (QED) is 0.740. The van der Waals surface area contributed by atoms with Crippen LogP contribution in [0, 0.1) is 6.92 Å². The van der Waals surface area contributed by atoms with Crippen LogP contribution in [-0.2, 0) is 6.54 Å². The van der Waals surface area contributed by atoms with Crippen LogP contribution in [0.1, 0.15) is 11.4 Å². The van der Waals surface area contributed by atoms with Crippen molar-refractivity contribution < 1.29 is 4.74 Å². The second-order valence-corrected chi connectivity index (χ2v) is 5.16. The molecular weight excluding hydrogens is 276 g/mol. The van der Waals surface area contributed by atoms with Crippen molar-refractivity contribution in [3.63, 3.8) is 0 Å². The van der Waals surface area contributed by atoms with Gasteiger partial charge in [0.1, 0.15) is 17.4 Å². The van der Waals surface area contributed by atoms with Gasteiger partial charge in [-0.15, -0.1) is 0 Å². The Hall–Kier alpha value is -2.69. The smallest absolute Gasteiger partial charge is 0.140 e. The molecule has 3 rings (SSSR count). The van der Waals surface area contributed by atoms with Gasteiger partial charge in [0, 0.05) is 30.7 Å². The van der Waals surface area contributed by atoms with Gasteiger partial charge in [0.15, 0.2) is 0 Å². The second-order valence-electron chi connectivity index (χ2n) is 5.16. The molecular formula is C17H18N4O. The third kappa shape index (κ3) is 2.70. The number of aryl methyl sites for hydroxylation is 1. The van der Waals surface area contributed by atoms with E-state index in [1.54, 1.807) is 19.5 Å². The molecule has 0 bridgehead atoms. The number of aromatic nitrogens is 3. The van der Waals surface area contributed by atoms with E-state index < -0.39 is 0 Å². The Morgan fingerprint density at radius 1 is 1.14 bits per heavy atom. The fraction of sp³-hybridized carbons (Fsp3) is 0.235. The highest BCUT2D eigenvalue weighted by atomic mass is 16.5. The average Bonchev–Trinajstić information content (AvgIpc) is 2.54. The van der Waals surface area contributed by atoms with Crippen LogP contribution < -0.4 is 9.64 Å². The first-order valence-electron chi connectivity index (χ1n) is 7.10. The maximum absolute atomic E-state index is 5.42. The summed E-state index contributed by atoms with van der Waals surface area (Å²) >= 11 is 0. The van der Waals surface area contributed by atoms with E-state index in [1.165, 1.54) is 0 Å². The molecule has 0 radical (unpaired) electrons. The molecule has 0 spiro atoms. The van der Waals surface area contributed by atoms with Crippen molar-refractivity contribution in [1.29, 1.82) is 0 Å². The van der Waals surface area contributed by atoms with Crippen molar-refractivity contribution in [2.75, 3.05) is 19.1 Å². The lowest BCUT2D eigenvalue weighted by Gasteiger charge is -2.21. The van der Waals surface area contributed by atoms with Gasteiger partial charge >= 0.3 is 0 Å². The zero-order valence-corrected chi connectivity index (χ0v) is 12.9. The largest absolute Gasteiger partial charge is 0.496 e. The Kier molecular flexibility index (Phi) is 3.87. The zero-order chi connectivity index (χ0) is 15.5. The predicted octanol–water partition coefficient (Wildman–Crippen LogP) is 2.98. The molecule has 0 saturated carbocycles. The molecule has 0 aliphatic heterocycles. The first kappa shape index (κ1) is 14.3. The topological polar surface area (TPSA) is 51.1 Å². The highest BCUT2D eigenvalue weighted by Gasteiger charge is 2.12. The number of hydrogen-bond donors (Lipinski definition) is 0. The third-order valence-corrected chi connectivity index (χ3v) is 3.55. The molecule has 5 heteroatoms. The molecule has 0 fully saturated rings. The molecule has 0 amide bonds. The Morgan fingerprint density at radius 2 is 1.95 bits per heavy atom. The molecule has 0 aliphatic rings. The van der Waals surface area contributed by atoms with Gasteiger partial charge in [0.05, 0.1) is 18.8 Å². The maximum atomic E-state index is 5.42. The van der Waals surface area contributed by atoms with Crippen LogP contribution in [0.3, 0.4) is 0 Å². The first-order chi connectivity index (χ1) is 10.7. The predicted molar refractivity (Wildman–Crippen MR) is 87.2 cm³/mol. The molecule has 5 nitrogen and oxygen atoms in total. The molecule has 2 heterocycles. The van der Waals surface area contributed by atoms with Gasteiger partial charge in [-0.2, -0.15) is 0 Å². The maximum Gasteiger partial charge on any atom is 0.140 e. The summed E-state index contributed by atoms with van der Waals surface area (Å²) in [5.41, 5.74) is 1.97. The van der Waals surface area contributed by atoms with Crippen LogP contribution >= 0.6 is 0 Å². The number of anilines is 1. The number of hydrogen-bond acceptors (Lipinski definition) is 5. The van der Waals surface area contributed by atoms with E-state index in [4.69, 9.17) is 4.74 Å². The van der Waals surface area contributed by atoms with Gasteiger partial charge in [-0.25, -0.2) is 9.97 Å². The van der Waals surface area contributed by atoms with Crippen LogP contribution in [0.2, 0.25) is 0 Å². The first-order valence-corrected chi connectivity index (χ1v) is 7.10. The monoisotopic (exact) mass is 294 g/mol. The van der Waals surface area contributed by atoms with E-state index in [0.29, 0.717) is 6.54 Å². The number of pyridine rings is 1. The summed E-state index contributed by atoms with van der Waals surface area (Å²) in [6.45, 7) is 2.60. The van der Waals surface area contributed by atoms with Gasteiger partial charge in [-0.3, -0.25) is 4.98 Å². The van der Waals surface area contributed by atoms with Crippen molar-refractivity contribution in [1.82, 2.24) is 15.0 Å². The Morgan fingerprint density at radius 3 is 2.77 bits per heavy atom. The van der Waals surface area contributed by atoms with E-state index in [-0.39, 0.29) is 0 Å². The second kappa shape index (κ2) is 5.97. The lowest BCUT2D eigenvalue weighted by atomic mass is 10.2. The van der Waals surface area contributed by atoms with E-state index in [1.807, 2.05) is 38.2 Å². The average molecular weight is 294 g/mol. The van der Waals surface area contributed by atoms with Crippen LogP contribution in [-0.4, -0.2) is 29.1 Å². The van der Waals surface area contributed by atoms with Crippen LogP contribution in [0.4, 0.5) is 5.82 Å². The van der Waals surface area contributed by atoms with E-state index >= 15 is 0 Å². The standard InChI is InChI=1S/C17H18N4O/c1-12-19-15-10-18-9-8-14(15)17(20-12)21(2)11-13-6-4-5-7-16(13)22-3/h4-10H,11H2,1-3H3. The molecule has 112 valence electrons. The number of fused-ring (bicyclic) bond motifs is 1. The number of rotatable bonds is 4. The van der Waals surface area contributed by atoms with Crippen molar-refractivity contribution in [3.8, 4) is 5.75 Å². The van der Waals surface area contributed by atoms with Gasteiger partial charge in [0.2, 0.25) is 0 Å². The van der Waals surface area contributed by atoms with E-state index in [0.717, 1.165) is 33.9 Å². The summed E-state index contributed by atoms with van der Waals surface area (Å²) in [6.07, 6.45) is 3.53. The molecule has 0 N–H and O–H groups in total. The number of nitrogens with zero attached hydrogens (tertiary/aromatic N) is 4. The molecule has 1 aromatic carbocycles. The summed E-state index contributed by atoms with van der Waals surface area (Å²) < 4.78 is 5.42. The van der Waals surface area contributed by atoms with Crippen molar-refractivity contribution in [2.24, 2.45) is 0 Å². The fourth-order valence-corrected chi connectivity index (χ4v) is 2.53. The highest BCUT2D eigenvalue weighted by molar-refractivity contribution is 5.88. The number of benzene rings is 1. The van der Waals surface area contributed by atoms with Gasteiger partial charge in [-0.1, -0.05) is 18.2 Å². The van der Waals surface area contributed by atoms with Gasteiger partial charge in [-0.05, 0) is 19.1 Å². The van der Waals surface area contributed by atoms with Gasteiger partial charge < -0.3 is 9.64 Å². The van der Waals surface area contributed by atoms with Crippen LogP contribution in [0.15, 0.2) is 42.7 Å². The lowest BCUT2D eigenvalue weighted by Crippen LogP contribution is -2.19. The molecule has 0 unspecified atom stereocenters. The zero-order valence-electron chi connectivity index (χ0n) is 12.9. The summed E-state index contributed by atoms with van der Waals surface area (Å²) in [5, 5.41) is 0.998. The highest BCUT2D eigenvalue weighted by Crippen LogP contribution is 2.25.